The summed E-state index contributed by atoms with van der Waals surface area (Å²) in [5, 5.41) is 0. The van der Waals surface area contributed by atoms with E-state index in [2.05, 4.69) is 11.6 Å². The standard InChI is InChI=1S/C7H10FN/c1-4-7(3)9-5-6(2)8/h4-5H,2H2,1,3H3/b7-4-,9-5?. The van der Waals surface area contributed by atoms with Crippen LogP contribution in [0, 0.1) is 0 Å². The molecular weight excluding hydrogens is 117 g/mol. The van der Waals surface area contributed by atoms with E-state index in [1.165, 1.54) is 0 Å². The third-order valence-electron chi connectivity index (χ3n) is 0.826. The second-order valence-electron chi connectivity index (χ2n) is 1.64. The van der Waals surface area contributed by atoms with Crippen molar-refractivity contribution in [1.82, 2.24) is 0 Å². The SMILES string of the molecule is C=C(F)C=N/C(C)=C\C. The molecule has 0 rings (SSSR count). The first-order valence-corrected chi connectivity index (χ1v) is 2.68. The van der Waals surface area contributed by atoms with Gasteiger partial charge in [0.25, 0.3) is 0 Å². The lowest BCUT2D eigenvalue weighted by Crippen LogP contribution is -1.72. The average Bonchev–Trinajstić information content (AvgIpc) is 1.83. The Hall–Kier alpha value is -0.920. The molecule has 0 atom stereocenters. The molecular formula is C7H10FN. The van der Waals surface area contributed by atoms with E-state index in [0.717, 1.165) is 11.9 Å². The van der Waals surface area contributed by atoms with Crippen LogP contribution in [-0.4, -0.2) is 6.21 Å². The third-order valence-corrected chi connectivity index (χ3v) is 0.826. The maximum absolute atomic E-state index is 11.8. The van der Waals surface area contributed by atoms with Crippen LogP contribution in [-0.2, 0) is 0 Å². The molecule has 0 aliphatic heterocycles. The van der Waals surface area contributed by atoms with Crippen LogP contribution < -0.4 is 0 Å². The molecule has 9 heavy (non-hydrogen) atoms. The fourth-order valence-electron chi connectivity index (χ4n) is 0.246. The van der Waals surface area contributed by atoms with Gasteiger partial charge in [-0.3, -0.25) is 4.99 Å². The second kappa shape index (κ2) is 4.01. The Balaban J connectivity index is 3.86. The Morgan fingerprint density at radius 1 is 1.67 bits per heavy atom. The maximum Gasteiger partial charge on any atom is 0.134 e. The van der Waals surface area contributed by atoms with E-state index in [9.17, 15) is 4.39 Å². The zero-order valence-electron chi connectivity index (χ0n) is 5.69. The van der Waals surface area contributed by atoms with E-state index in [-0.39, 0.29) is 0 Å². The first-order chi connectivity index (χ1) is 4.16. The van der Waals surface area contributed by atoms with Gasteiger partial charge in [0.1, 0.15) is 5.83 Å². The van der Waals surface area contributed by atoms with Crippen molar-refractivity contribution in [3.63, 3.8) is 0 Å². The van der Waals surface area contributed by atoms with Gasteiger partial charge < -0.3 is 0 Å². The molecule has 0 bridgehead atoms. The number of hydrogen-bond acceptors (Lipinski definition) is 1. The molecule has 2 heteroatoms. The topological polar surface area (TPSA) is 12.4 Å². The third kappa shape index (κ3) is 4.94. The van der Waals surface area contributed by atoms with Crippen LogP contribution in [0.5, 0.6) is 0 Å². The smallest absolute Gasteiger partial charge is 0.134 e. The van der Waals surface area contributed by atoms with Gasteiger partial charge in [0.2, 0.25) is 0 Å². The number of halogens is 1. The number of hydrogen-bond donors (Lipinski definition) is 0. The van der Waals surface area contributed by atoms with E-state index in [0.29, 0.717) is 0 Å². The molecule has 0 saturated carbocycles. The minimum atomic E-state index is -0.517. The molecule has 0 heterocycles. The Labute approximate surface area is 54.6 Å². The predicted molar refractivity (Wildman–Crippen MR) is 38.2 cm³/mol. The van der Waals surface area contributed by atoms with Gasteiger partial charge >= 0.3 is 0 Å². The highest BCUT2D eigenvalue weighted by Gasteiger charge is 1.79. The quantitative estimate of drug-likeness (QED) is 0.505. The summed E-state index contributed by atoms with van der Waals surface area (Å²) in [5.74, 6) is -0.517. The number of allylic oxidation sites excluding steroid dienone is 3. The normalized spacial score (nSPS) is 12.6. The number of rotatable bonds is 2. The summed E-state index contributed by atoms with van der Waals surface area (Å²) in [6.45, 7) is 6.65. The summed E-state index contributed by atoms with van der Waals surface area (Å²) in [6, 6.07) is 0. The molecule has 50 valence electrons. The summed E-state index contributed by atoms with van der Waals surface area (Å²) in [7, 11) is 0. The molecule has 0 radical (unpaired) electrons. The molecule has 0 aromatic rings. The molecule has 0 saturated heterocycles. The van der Waals surface area contributed by atoms with Gasteiger partial charge in [0.15, 0.2) is 0 Å². The summed E-state index contributed by atoms with van der Waals surface area (Å²) >= 11 is 0. The van der Waals surface area contributed by atoms with Crippen LogP contribution in [0.3, 0.4) is 0 Å². The van der Waals surface area contributed by atoms with Crippen molar-refractivity contribution in [2.75, 3.05) is 0 Å². The van der Waals surface area contributed by atoms with Crippen LogP contribution >= 0.6 is 0 Å². The van der Waals surface area contributed by atoms with Crippen molar-refractivity contribution in [2.24, 2.45) is 4.99 Å². The van der Waals surface area contributed by atoms with Crippen molar-refractivity contribution >= 4 is 6.21 Å². The average molecular weight is 127 g/mol. The van der Waals surface area contributed by atoms with E-state index in [1.807, 2.05) is 6.92 Å². The Morgan fingerprint density at radius 3 is 2.56 bits per heavy atom. The van der Waals surface area contributed by atoms with E-state index in [4.69, 9.17) is 0 Å². The molecule has 1 nitrogen and oxygen atoms in total. The van der Waals surface area contributed by atoms with Gasteiger partial charge in [-0.25, -0.2) is 4.39 Å². The summed E-state index contributed by atoms with van der Waals surface area (Å²) in [6.07, 6.45) is 2.88. The first-order valence-electron chi connectivity index (χ1n) is 2.68. The Morgan fingerprint density at radius 2 is 2.22 bits per heavy atom. The minimum absolute atomic E-state index is 0.517. The lowest BCUT2D eigenvalue weighted by molar-refractivity contribution is 0.690. The Kier molecular flexibility index (Phi) is 3.60. The van der Waals surface area contributed by atoms with Gasteiger partial charge in [-0.15, -0.1) is 0 Å². The summed E-state index contributed by atoms with van der Waals surface area (Å²) in [5.41, 5.74) is 0.786. The van der Waals surface area contributed by atoms with Gasteiger partial charge in [-0.1, -0.05) is 12.7 Å². The van der Waals surface area contributed by atoms with Gasteiger partial charge in [-0.05, 0) is 13.8 Å². The van der Waals surface area contributed by atoms with Crippen molar-refractivity contribution in [3.05, 3.63) is 24.2 Å². The molecule has 0 aliphatic rings. The minimum Gasteiger partial charge on any atom is -0.259 e. The highest BCUT2D eigenvalue weighted by atomic mass is 19.1. The Bertz CT molecular complexity index is 156. The second-order valence-corrected chi connectivity index (χ2v) is 1.64. The molecule has 0 aliphatic carbocycles. The zero-order chi connectivity index (χ0) is 7.28. The largest absolute Gasteiger partial charge is 0.259 e. The molecule has 0 spiro atoms. The van der Waals surface area contributed by atoms with Crippen molar-refractivity contribution in [2.45, 2.75) is 13.8 Å². The van der Waals surface area contributed by atoms with Crippen LogP contribution in [0.25, 0.3) is 0 Å². The van der Waals surface area contributed by atoms with Crippen LogP contribution in [0.2, 0.25) is 0 Å². The van der Waals surface area contributed by atoms with Gasteiger partial charge in [-0.2, -0.15) is 0 Å². The lowest BCUT2D eigenvalue weighted by atomic mass is 10.5. The maximum atomic E-state index is 11.8. The number of aliphatic imine (C=N–C) groups is 1. The molecule has 0 N–H and O–H groups in total. The monoisotopic (exact) mass is 127 g/mol. The highest BCUT2D eigenvalue weighted by molar-refractivity contribution is 5.75. The molecule has 0 amide bonds. The molecule has 0 aromatic carbocycles. The van der Waals surface area contributed by atoms with Crippen molar-refractivity contribution in [1.29, 1.82) is 0 Å². The number of nitrogens with zero attached hydrogens (tertiary/aromatic N) is 1. The van der Waals surface area contributed by atoms with Crippen LogP contribution in [0.1, 0.15) is 13.8 Å². The zero-order valence-corrected chi connectivity index (χ0v) is 5.69. The van der Waals surface area contributed by atoms with Crippen LogP contribution in [0.4, 0.5) is 4.39 Å². The fraction of sp³-hybridized carbons (Fsp3) is 0.286. The van der Waals surface area contributed by atoms with Gasteiger partial charge in [0, 0.05) is 5.70 Å². The van der Waals surface area contributed by atoms with E-state index >= 15 is 0 Å². The predicted octanol–water partition coefficient (Wildman–Crippen LogP) is 2.46. The fourth-order valence-corrected chi connectivity index (χ4v) is 0.246. The van der Waals surface area contributed by atoms with Crippen LogP contribution in [0.15, 0.2) is 29.2 Å². The molecule has 0 aromatic heterocycles. The molecule has 0 unspecified atom stereocenters. The van der Waals surface area contributed by atoms with Crippen molar-refractivity contribution in [3.8, 4) is 0 Å². The lowest BCUT2D eigenvalue weighted by Gasteiger charge is -1.85. The highest BCUT2D eigenvalue weighted by Crippen LogP contribution is 1.93. The summed E-state index contributed by atoms with van der Waals surface area (Å²) in [4.78, 5) is 3.70. The van der Waals surface area contributed by atoms with E-state index in [1.54, 1.807) is 13.0 Å². The van der Waals surface area contributed by atoms with Gasteiger partial charge in [0.05, 0.1) is 6.21 Å². The first kappa shape index (κ1) is 8.08. The molecule has 0 fully saturated rings. The van der Waals surface area contributed by atoms with Crippen molar-refractivity contribution < 1.29 is 4.39 Å². The summed E-state index contributed by atoms with van der Waals surface area (Å²) < 4.78 is 11.8. The van der Waals surface area contributed by atoms with E-state index < -0.39 is 5.83 Å².